The number of nitrogens with zero attached hydrogens (tertiary/aromatic N) is 3. The zero-order valence-electron chi connectivity index (χ0n) is 15.4. The first kappa shape index (κ1) is 17.9. The summed E-state index contributed by atoms with van der Waals surface area (Å²) in [6.07, 6.45) is 4.50. The molecule has 4 nitrogen and oxygen atoms in total. The van der Waals surface area contributed by atoms with Crippen LogP contribution in [0.1, 0.15) is 47.8 Å². The molecule has 0 N–H and O–H groups in total. The van der Waals surface area contributed by atoms with Crippen molar-refractivity contribution in [3.05, 3.63) is 55.1 Å². The van der Waals surface area contributed by atoms with Gasteiger partial charge in [0, 0.05) is 41.1 Å². The fourth-order valence-electron chi connectivity index (χ4n) is 3.78. The first-order valence-electron chi connectivity index (χ1n) is 9.38. The van der Waals surface area contributed by atoms with E-state index in [4.69, 9.17) is 4.98 Å². The van der Waals surface area contributed by atoms with Crippen molar-refractivity contribution >= 4 is 27.6 Å². The molecule has 6 heteroatoms. The van der Waals surface area contributed by atoms with Crippen LogP contribution >= 0.6 is 22.7 Å². The van der Waals surface area contributed by atoms with Gasteiger partial charge in [-0.3, -0.25) is 14.1 Å². The average molecular weight is 388 g/mol. The van der Waals surface area contributed by atoms with Crippen LogP contribution in [0.5, 0.6) is 0 Å². The Morgan fingerprint density at radius 1 is 1.27 bits per heavy atom. The van der Waals surface area contributed by atoms with Gasteiger partial charge in [0.2, 0.25) is 0 Å². The second kappa shape index (κ2) is 7.62. The molecule has 4 rings (SSSR count). The van der Waals surface area contributed by atoms with Gasteiger partial charge in [-0.2, -0.15) is 0 Å². The minimum atomic E-state index is 0.0880. The quantitative estimate of drug-likeness (QED) is 0.631. The number of rotatable bonds is 6. The SMILES string of the molecule is CC(C)CN(Cc1cc(=O)n2c3c(sc2n1)CCCC3)Cc1cccs1. The van der Waals surface area contributed by atoms with Gasteiger partial charge in [0.15, 0.2) is 4.96 Å². The lowest BCUT2D eigenvalue weighted by Crippen LogP contribution is -2.28. The molecule has 0 saturated carbocycles. The molecule has 0 unspecified atom stereocenters. The van der Waals surface area contributed by atoms with Gasteiger partial charge in [-0.25, -0.2) is 4.98 Å². The monoisotopic (exact) mass is 387 g/mol. The van der Waals surface area contributed by atoms with Crippen LogP contribution in [0.4, 0.5) is 0 Å². The second-order valence-electron chi connectivity index (χ2n) is 7.53. The van der Waals surface area contributed by atoms with Crippen LogP contribution in [0.3, 0.4) is 0 Å². The van der Waals surface area contributed by atoms with Crippen molar-refractivity contribution in [2.24, 2.45) is 5.92 Å². The fourth-order valence-corrected chi connectivity index (χ4v) is 5.75. The molecule has 0 fully saturated rings. The van der Waals surface area contributed by atoms with Crippen molar-refractivity contribution in [1.29, 1.82) is 0 Å². The third-order valence-electron chi connectivity index (χ3n) is 4.78. The highest BCUT2D eigenvalue weighted by Gasteiger charge is 2.19. The number of thiophene rings is 1. The molecule has 0 bridgehead atoms. The molecule has 3 aromatic rings. The summed E-state index contributed by atoms with van der Waals surface area (Å²) in [4.78, 5) is 23.6. The maximum atomic E-state index is 12.8. The highest BCUT2D eigenvalue weighted by molar-refractivity contribution is 7.17. The summed E-state index contributed by atoms with van der Waals surface area (Å²) >= 11 is 3.50. The Bertz CT molecular complexity index is 940. The van der Waals surface area contributed by atoms with E-state index in [1.165, 1.54) is 28.3 Å². The number of hydrogen-bond donors (Lipinski definition) is 0. The van der Waals surface area contributed by atoms with Crippen LogP contribution in [0.25, 0.3) is 4.96 Å². The zero-order valence-corrected chi connectivity index (χ0v) is 17.0. The highest BCUT2D eigenvalue weighted by atomic mass is 32.1. The van der Waals surface area contributed by atoms with Crippen LogP contribution in [0.2, 0.25) is 0 Å². The van der Waals surface area contributed by atoms with Crippen LogP contribution < -0.4 is 5.56 Å². The van der Waals surface area contributed by atoms with Gasteiger partial charge in [-0.1, -0.05) is 19.9 Å². The molecule has 1 aliphatic rings. The van der Waals surface area contributed by atoms with Gasteiger partial charge in [0.25, 0.3) is 5.56 Å². The zero-order chi connectivity index (χ0) is 18.1. The summed E-state index contributed by atoms with van der Waals surface area (Å²) in [5.41, 5.74) is 2.19. The molecular weight excluding hydrogens is 362 g/mol. The smallest absolute Gasteiger partial charge is 0.259 e. The van der Waals surface area contributed by atoms with E-state index >= 15 is 0 Å². The Labute approximate surface area is 162 Å². The van der Waals surface area contributed by atoms with E-state index in [0.717, 1.165) is 43.1 Å². The van der Waals surface area contributed by atoms with Crippen LogP contribution in [0.15, 0.2) is 28.4 Å². The lowest BCUT2D eigenvalue weighted by Gasteiger charge is -2.23. The van der Waals surface area contributed by atoms with Gasteiger partial charge in [0.05, 0.1) is 5.69 Å². The molecule has 0 aromatic carbocycles. The van der Waals surface area contributed by atoms with E-state index in [1.807, 2.05) is 4.40 Å². The standard InChI is InChI=1S/C20H25N3OS2/c1-14(2)11-22(13-16-6-5-9-25-16)12-15-10-19(24)23-17-7-3-4-8-18(17)26-20(23)21-15/h5-6,9-10,14H,3-4,7-8,11-13H2,1-2H3. The van der Waals surface area contributed by atoms with E-state index in [1.54, 1.807) is 28.7 Å². The highest BCUT2D eigenvalue weighted by Crippen LogP contribution is 2.28. The van der Waals surface area contributed by atoms with Gasteiger partial charge < -0.3 is 0 Å². The summed E-state index contributed by atoms with van der Waals surface area (Å²) in [5, 5.41) is 2.12. The molecule has 1 aliphatic carbocycles. The Hall–Kier alpha value is -1.50. The molecule has 0 aliphatic heterocycles. The summed E-state index contributed by atoms with van der Waals surface area (Å²) in [7, 11) is 0. The Kier molecular flexibility index (Phi) is 5.25. The molecule has 3 aromatic heterocycles. The van der Waals surface area contributed by atoms with E-state index < -0.39 is 0 Å². The van der Waals surface area contributed by atoms with Crippen LogP contribution in [-0.4, -0.2) is 20.8 Å². The number of thiazole rings is 1. The normalized spacial score (nSPS) is 14.5. The van der Waals surface area contributed by atoms with Crippen molar-refractivity contribution < 1.29 is 0 Å². The molecule has 3 heterocycles. The molecule has 138 valence electrons. The molecule has 0 atom stereocenters. The largest absolute Gasteiger partial charge is 0.292 e. The maximum Gasteiger partial charge on any atom is 0.259 e. The molecule has 26 heavy (non-hydrogen) atoms. The fraction of sp³-hybridized carbons (Fsp3) is 0.500. The minimum Gasteiger partial charge on any atom is -0.292 e. The molecule has 0 saturated heterocycles. The van der Waals surface area contributed by atoms with Crippen LogP contribution in [-0.2, 0) is 25.9 Å². The van der Waals surface area contributed by atoms with E-state index in [0.29, 0.717) is 5.92 Å². The molecular formula is C20H25N3OS2. The summed E-state index contributed by atoms with van der Waals surface area (Å²) < 4.78 is 1.86. The lowest BCUT2D eigenvalue weighted by atomic mass is 10.0. The van der Waals surface area contributed by atoms with E-state index in [9.17, 15) is 4.79 Å². The minimum absolute atomic E-state index is 0.0880. The predicted molar refractivity (Wildman–Crippen MR) is 109 cm³/mol. The van der Waals surface area contributed by atoms with Crippen LogP contribution in [0, 0.1) is 5.92 Å². The lowest BCUT2D eigenvalue weighted by molar-refractivity contribution is 0.227. The average Bonchev–Trinajstić information content (AvgIpc) is 3.21. The second-order valence-corrected chi connectivity index (χ2v) is 9.62. The van der Waals surface area contributed by atoms with Crippen molar-refractivity contribution in [2.75, 3.05) is 6.54 Å². The van der Waals surface area contributed by atoms with Crippen molar-refractivity contribution in [1.82, 2.24) is 14.3 Å². The maximum absolute atomic E-state index is 12.8. The van der Waals surface area contributed by atoms with Gasteiger partial charge in [0.1, 0.15) is 0 Å². The summed E-state index contributed by atoms with van der Waals surface area (Å²) in [6, 6.07) is 6.02. The van der Waals surface area contributed by atoms with Gasteiger partial charge in [-0.05, 0) is 43.0 Å². The topological polar surface area (TPSA) is 37.6 Å². The third kappa shape index (κ3) is 3.77. The Balaban J connectivity index is 1.63. The van der Waals surface area contributed by atoms with E-state index in [2.05, 4.69) is 36.3 Å². The number of hydrogen-bond acceptors (Lipinski definition) is 5. The van der Waals surface area contributed by atoms with Crippen molar-refractivity contribution in [2.45, 2.75) is 52.6 Å². The van der Waals surface area contributed by atoms with Crippen molar-refractivity contribution in [3.63, 3.8) is 0 Å². The number of aromatic nitrogens is 2. The third-order valence-corrected chi connectivity index (χ3v) is 6.79. The number of aryl methyl sites for hydroxylation is 2. The Morgan fingerprint density at radius 2 is 2.12 bits per heavy atom. The first-order valence-corrected chi connectivity index (χ1v) is 11.1. The van der Waals surface area contributed by atoms with Gasteiger partial charge in [-0.15, -0.1) is 22.7 Å². The summed E-state index contributed by atoms with van der Waals surface area (Å²) in [6.45, 7) is 7.11. The van der Waals surface area contributed by atoms with Gasteiger partial charge >= 0.3 is 0 Å². The molecule has 0 amide bonds. The number of fused-ring (bicyclic) bond motifs is 3. The summed E-state index contributed by atoms with van der Waals surface area (Å²) in [5.74, 6) is 0.578. The van der Waals surface area contributed by atoms with Crippen molar-refractivity contribution in [3.8, 4) is 0 Å². The molecule has 0 radical (unpaired) electrons. The molecule has 0 spiro atoms. The Morgan fingerprint density at radius 3 is 2.88 bits per heavy atom. The predicted octanol–water partition coefficient (Wildman–Crippen LogP) is 4.35. The van der Waals surface area contributed by atoms with E-state index in [-0.39, 0.29) is 5.56 Å². The first-order chi connectivity index (χ1) is 12.6.